The number of nitrogens with one attached hydrogen (secondary N) is 1. The zero-order chi connectivity index (χ0) is 12.3. The fourth-order valence-corrected chi connectivity index (χ4v) is 1.85. The van der Waals surface area contributed by atoms with Crippen LogP contribution in [0.5, 0.6) is 0 Å². The van der Waals surface area contributed by atoms with Crippen molar-refractivity contribution in [3.05, 3.63) is 36.0 Å². The number of benzene rings is 1. The molecule has 0 saturated carbocycles. The number of carboxylic acids is 1. The van der Waals surface area contributed by atoms with Crippen molar-refractivity contribution in [3.8, 4) is 0 Å². The van der Waals surface area contributed by atoms with Crippen LogP contribution in [0, 0.1) is 0 Å². The molecule has 0 aliphatic heterocycles. The van der Waals surface area contributed by atoms with Crippen LogP contribution in [0.4, 0.5) is 0 Å². The third-order valence-electron chi connectivity index (χ3n) is 2.68. The van der Waals surface area contributed by atoms with Gasteiger partial charge in [0.05, 0.1) is 0 Å². The number of fused-ring (bicyclic) bond motifs is 1. The van der Waals surface area contributed by atoms with Crippen molar-refractivity contribution in [2.75, 3.05) is 6.61 Å². The van der Waals surface area contributed by atoms with Gasteiger partial charge in [-0.25, -0.2) is 4.79 Å². The van der Waals surface area contributed by atoms with E-state index in [1.165, 1.54) is 0 Å². The Labute approximate surface area is 99.2 Å². The normalized spacial score (nSPS) is 12.8. The van der Waals surface area contributed by atoms with Gasteiger partial charge in [0.1, 0.15) is 0 Å². The predicted octanol–water partition coefficient (Wildman–Crippen LogP) is 2.20. The zero-order valence-electron chi connectivity index (χ0n) is 9.64. The van der Waals surface area contributed by atoms with Gasteiger partial charge in [0, 0.05) is 24.7 Å². The number of rotatable bonds is 5. The van der Waals surface area contributed by atoms with E-state index < -0.39 is 12.1 Å². The van der Waals surface area contributed by atoms with E-state index in [0.717, 1.165) is 16.5 Å². The minimum Gasteiger partial charge on any atom is -0.479 e. The predicted molar refractivity (Wildman–Crippen MR) is 65.1 cm³/mol. The summed E-state index contributed by atoms with van der Waals surface area (Å²) >= 11 is 0. The fourth-order valence-electron chi connectivity index (χ4n) is 1.85. The lowest BCUT2D eigenvalue weighted by Gasteiger charge is -2.12. The van der Waals surface area contributed by atoms with Gasteiger partial charge in [-0.2, -0.15) is 0 Å². The van der Waals surface area contributed by atoms with Crippen molar-refractivity contribution in [2.24, 2.45) is 0 Å². The molecule has 0 radical (unpaired) electrons. The summed E-state index contributed by atoms with van der Waals surface area (Å²) < 4.78 is 5.19. The van der Waals surface area contributed by atoms with Gasteiger partial charge in [-0.15, -0.1) is 0 Å². The zero-order valence-corrected chi connectivity index (χ0v) is 9.64. The summed E-state index contributed by atoms with van der Waals surface area (Å²) in [7, 11) is 0. The molecule has 1 heterocycles. The Hall–Kier alpha value is -1.81. The Kier molecular flexibility index (Phi) is 3.44. The third-order valence-corrected chi connectivity index (χ3v) is 2.68. The number of aliphatic carboxylic acids is 1. The number of carboxylic acid groups (broad SMARTS) is 1. The molecule has 90 valence electrons. The first-order chi connectivity index (χ1) is 8.20. The van der Waals surface area contributed by atoms with E-state index in [2.05, 4.69) is 4.98 Å². The first-order valence-corrected chi connectivity index (χ1v) is 5.61. The van der Waals surface area contributed by atoms with E-state index in [4.69, 9.17) is 9.84 Å². The highest BCUT2D eigenvalue weighted by Gasteiger charge is 2.17. The van der Waals surface area contributed by atoms with Gasteiger partial charge in [-0.05, 0) is 30.0 Å². The molecule has 0 bridgehead atoms. The van der Waals surface area contributed by atoms with Gasteiger partial charge < -0.3 is 14.8 Å². The summed E-state index contributed by atoms with van der Waals surface area (Å²) in [6.07, 6.45) is 1.48. The molecule has 0 aliphatic carbocycles. The highest BCUT2D eigenvalue weighted by atomic mass is 16.5. The van der Waals surface area contributed by atoms with Crippen LogP contribution < -0.4 is 0 Å². The molecule has 2 N–H and O–H groups in total. The molecule has 1 unspecified atom stereocenters. The number of aromatic amines is 1. The van der Waals surface area contributed by atoms with Crippen LogP contribution in [0.1, 0.15) is 12.5 Å². The van der Waals surface area contributed by atoms with E-state index in [9.17, 15) is 4.79 Å². The average molecular weight is 233 g/mol. The molecular formula is C13H15NO3. The Morgan fingerprint density at radius 2 is 2.29 bits per heavy atom. The number of carbonyl (C=O) groups is 1. The SMILES string of the molecule is CCOC(Cc1ccc2cc[nH]c2c1)C(=O)O. The largest absolute Gasteiger partial charge is 0.479 e. The van der Waals surface area contributed by atoms with E-state index in [1.54, 1.807) is 6.92 Å². The van der Waals surface area contributed by atoms with E-state index in [-0.39, 0.29) is 0 Å². The van der Waals surface area contributed by atoms with Crippen LogP contribution in [-0.2, 0) is 16.0 Å². The van der Waals surface area contributed by atoms with Crippen molar-refractivity contribution < 1.29 is 14.6 Å². The molecule has 1 aromatic carbocycles. The van der Waals surface area contributed by atoms with Crippen molar-refractivity contribution in [1.29, 1.82) is 0 Å². The monoisotopic (exact) mass is 233 g/mol. The lowest BCUT2D eigenvalue weighted by atomic mass is 10.1. The number of hydrogen-bond acceptors (Lipinski definition) is 2. The number of H-pyrrole nitrogens is 1. The molecule has 0 saturated heterocycles. The van der Waals surface area contributed by atoms with Gasteiger partial charge in [0.25, 0.3) is 0 Å². The minimum absolute atomic E-state index is 0.387. The van der Waals surface area contributed by atoms with Crippen LogP contribution in [0.25, 0.3) is 10.9 Å². The van der Waals surface area contributed by atoms with Crippen LogP contribution in [-0.4, -0.2) is 28.8 Å². The second-order valence-electron chi connectivity index (χ2n) is 3.89. The second-order valence-corrected chi connectivity index (χ2v) is 3.89. The number of ether oxygens (including phenoxy) is 1. The fraction of sp³-hybridized carbons (Fsp3) is 0.308. The molecule has 0 spiro atoms. The lowest BCUT2D eigenvalue weighted by Crippen LogP contribution is -2.26. The van der Waals surface area contributed by atoms with Crippen LogP contribution in [0.15, 0.2) is 30.5 Å². The van der Waals surface area contributed by atoms with Crippen LogP contribution in [0.2, 0.25) is 0 Å². The van der Waals surface area contributed by atoms with Gasteiger partial charge in [-0.1, -0.05) is 12.1 Å². The first-order valence-electron chi connectivity index (χ1n) is 5.61. The molecule has 17 heavy (non-hydrogen) atoms. The summed E-state index contributed by atoms with van der Waals surface area (Å²) in [5.74, 6) is -0.918. The molecule has 1 aromatic heterocycles. The molecule has 4 heteroatoms. The van der Waals surface area contributed by atoms with E-state index in [0.29, 0.717) is 13.0 Å². The molecular weight excluding hydrogens is 218 g/mol. The minimum atomic E-state index is -0.918. The van der Waals surface area contributed by atoms with E-state index in [1.807, 2.05) is 30.5 Å². The Morgan fingerprint density at radius 1 is 1.47 bits per heavy atom. The van der Waals surface area contributed by atoms with Gasteiger partial charge in [-0.3, -0.25) is 0 Å². The first kappa shape index (κ1) is 11.7. The topological polar surface area (TPSA) is 62.3 Å². The Balaban J connectivity index is 2.18. The summed E-state index contributed by atoms with van der Waals surface area (Å²) in [6.45, 7) is 2.20. The van der Waals surface area contributed by atoms with Crippen LogP contribution in [0.3, 0.4) is 0 Å². The van der Waals surface area contributed by atoms with Crippen molar-refractivity contribution in [3.63, 3.8) is 0 Å². The van der Waals surface area contributed by atoms with E-state index >= 15 is 0 Å². The molecule has 2 aromatic rings. The third kappa shape index (κ3) is 2.65. The van der Waals surface area contributed by atoms with Gasteiger partial charge >= 0.3 is 5.97 Å². The molecule has 1 atom stereocenters. The Morgan fingerprint density at radius 3 is 3.00 bits per heavy atom. The average Bonchev–Trinajstić information content (AvgIpc) is 2.75. The molecule has 2 rings (SSSR count). The molecule has 4 nitrogen and oxygen atoms in total. The second kappa shape index (κ2) is 5.01. The lowest BCUT2D eigenvalue weighted by molar-refractivity contribution is -0.149. The Bertz CT molecular complexity index is 518. The maximum absolute atomic E-state index is 11.0. The standard InChI is InChI=1S/C13H15NO3/c1-2-17-12(13(15)16)8-9-3-4-10-5-6-14-11(10)7-9/h3-7,12,14H,2,8H2,1H3,(H,15,16). The highest BCUT2D eigenvalue weighted by molar-refractivity contribution is 5.80. The van der Waals surface area contributed by atoms with Crippen molar-refractivity contribution >= 4 is 16.9 Å². The maximum atomic E-state index is 11.0. The summed E-state index contributed by atoms with van der Waals surface area (Å²) in [5.41, 5.74) is 1.98. The van der Waals surface area contributed by atoms with Gasteiger partial charge in [0.2, 0.25) is 0 Å². The van der Waals surface area contributed by atoms with Crippen molar-refractivity contribution in [2.45, 2.75) is 19.4 Å². The number of hydrogen-bond donors (Lipinski definition) is 2. The molecule has 0 fully saturated rings. The summed E-state index contributed by atoms with van der Waals surface area (Å²) in [6, 6.07) is 7.86. The quantitative estimate of drug-likeness (QED) is 0.832. The highest BCUT2D eigenvalue weighted by Crippen LogP contribution is 2.16. The van der Waals surface area contributed by atoms with Crippen LogP contribution >= 0.6 is 0 Å². The number of aromatic nitrogens is 1. The summed E-state index contributed by atoms with van der Waals surface area (Å²) in [4.78, 5) is 14.1. The maximum Gasteiger partial charge on any atom is 0.333 e. The van der Waals surface area contributed by atoms with Gasteiger partial charge in [0.15, 0.2) is 6.10 Å². The summed E-state index contributed by atoms with van der Waals surface area (Å²) in [5, 5.41) is 10.1. The smallest absolute Gasteiger partial charge is 0.333 e. The van der Waals surface area contributed by atoms with Crippen molar-refractivity contribution in [1.82, 2.24) is 4.98 Å². The molecule has 0 aliphatic rings. The molecule has 0 amide bonds.